The van der Waals surface area contributed by atoms with Gasteiger partial charge in [0.25, 0.3) is 0 Å². The van der Waals surface area contributed by atoms with Crippen LogP contribution in [-0.4, -0.2) is 50.3 Å². The first-order valence-corrected chi connectivity index (χ1v) is 8.46. The van der Waals surface area contributed by atoms with Crippen molar-refractivity contribution < 1.29 is 18.7 Å². The Morgan fingerprint density at radius 1 is 1.40 bits per heavy atom. The number of nitrogens with zero attached hydrogens (tertiary/aromatic N) is 2. The number of halogens is 1. The summed E-state index contributed by atoms with van der Waals surface area (Å²) < 4.78 is 19.8. The van der Waals surface area contributed by atoms with Crippen molar-refractivity contribution in [2.45, 2.75) is 31.9 Å². The Morgan fingerprint density at radius 3 is 2.76 bits per heavy atom. The van der Waals surface area contributed by atoms with Crippen LogP contribution >= 0.6 is 0 Å². The van der Waals surface area contributed by atoms with Gasteiger partial charge in [-0.05, 0) is 31.0 Å². The van der Waals surface area contributed by atoms with E-state index in [1.165, 1.54) is 17.9 Å². The van der Waals surface area contributed by atoms with Crippen LogP contribution in [-0.2, 0) is 9.53 Å². The number of anilines is 2. The number of ether oxygens (including phenoxy) is 1. The van der Waals surface area contributed by atoms with Crippen molar-refractivity contribution in [2.24, 2.45) is 5.73 Å². The van der Waals surface area contributed by atoms with Gasteiger partial charge in [0.05, 0.1) is 24.5 Å². The molecule has 2 aliphatic heterocycles. The molecule has 0 saturated carbocycles. The lowest BCUT2D eigenvalue weighted by Crippen LogP contribution is -2.40. The van der Waals surface area contributed by atoms with Gasteiger partial charge < -0.3 is 20.7 Å². The van der Waals surface area contributed by atoms with Gasteiger partial charge in [0, 0.05) is 26.1 Å². The standard InChI is InChI=1S/C17H23FN4O3/c1-11(23)20-9-14-10-22(17(24)25-14)13-2-3-16(15(18)8-13)21-6-4-12(19)5-7-21/h2-3,8,12,14H,4-7,9-10,19H2,1H3,(H,20,23). The molecule has 8 heteroatoms. The van der Waals surface area contributed by atoms with E-state index in [1.807, 2.05) is 4.90 Å². The Labute approximate surface area is 145 Å². The highest BCUT2D eigenvalue weighted by Gasteiger charge is 2.33. The minimum Gasteiger partial charge on any atom is -0.442 e. The molecule has 7 nitrogen and oxygen atoms in total. The Kier molecular flexibility index (Phi) is 5.08. The van der Waals surface area contributed by atoms with E-state index in [2.05, 4.69) is 5.32 Å². The zero-order valence-electron chi connectivity index (χ0n) is 14.2. The highest BCUT2D eigenvalue weighted by molar-refractivity contribution is 5.90. The third-order valence-electron chi connectivity index (χ3n) is 4.58. The molecule has 0 aromatic heterocycles. The fraction of sp³-hybridized carbons (Fsp3) is 0.529. The predicted octanol–water partition coefficient (Wildman–Crippen LogP) is 1.21. The normalized spacial score (nSPS) is 21.4. The van der Waals surface area contributed by atoms with Crippen LogP contribution in [0.25, 0.3) is 0 Å². The van der Waals surface area contributed by atoms with E-state index >= 15 is 0 Å². The molecule has 0 radical (unpaired) electrons. The summed E-state index contributed by atoms with van der Waals surface area (Å²) in [4.78, 5) is 26.3. The number of rotatable bonds is 4. The maximum Gasteiger partial charge on any atom is 0.414 e. The molecule has 0 aliphatic carbocycles. The lowest BCUT2D eigenvalue weighted by molar-refractivity contribution is -0.119. The van der Waals surface area contributed by atoms with Gasteiger partial charge in [-0.25, -0.2) is 9.18 Å². The maximum atomic E-state index is 14.6. The van der Waals surface area contributed by atoms with E-state index < -0.39 is 12.2 Å². The predicted molar refractivity (Wildman–Crippen MR) is 92.1 cm³/mol. The molecule has 0 bridgehead atoms. The third-order valence-corrected chi connectivity index (χ3v) is 4.58. The van der Waals surface area contributed by atoms with Gasteiger partial charge in [0.1, 0.15) is 11.9 Å². The average molecular weight is 350 g/mol. The van der Waals surface area contributed by atoms with Crippen molar-refractivity contribution in [3.8, 4) is 0 Å². The number of amides is 2. The summed E-state index contributed by atoms with van der Waals surface area (Å²) in [5, 5.41) is 2.61. The second-order valence-electron chi connectivity index (χ2n) is 6.51. The van der Waals surface area contributed by atoms with Gasteiger partial charge in [0.15, 0.2) is 0 Å². The zero-order valence-corrected chi connectivity index (χ0v) is 14.2. The smallest absolute Gasteiger partial charge is 0.414 e. The minimum absolute atomic E-state index is 0.179. The van der Waals surface area contributed by atoms with Gasteiger partial charge in [0.2, 0.25) is 5.91 Å². The molecule has 25 heavy (non-hydrogen) atoms. The SMILES string of the molecule is CC(=O)NCC1CN(c2ccc(N3CCC(N)CC3)c(F)c2)C(=O)O1. The summed E-state index contributed by atoms with van der Waals surface area (Å²) in [7, 11) is 0. The molecule has 2 aliphatic rings. The molecular weight excluding hydrogens is 327 g/mol. The van der Waals surface area contributed by atoms with Gasteiger partial charge in [-0.1, -0.05) is 0 Å². The Balaban J connectivity index is 1.68. The van der Waals surface area contributed by atoms with Crippen LogP contribution < -0.4 is 20.9 Å². The molecule has 3 N–H and O–H groups in total. The Bertz CT molecular complexity index is 661. The number of carbonyl (C=O) groups excluding carboxylic acids is 2. The lowest BCUT2D eigenvalue weighted by atomic mass is 10.1. The number of hydrogen-bond donors (Lipinski definition) is 2. The van der Waals surface area contributed by atoms with Gasteiger partial charge in [-0.3, -0.25) is 9.69 Å². The van der Waals surface area contributed by atoms with Crippen molar-refractivity contribution in [1.29, 1.82) is 0 Å². The quantitative estimate of drug-likeness (QED) is 0.852. The zero-order chi connectivity index (χ0) is 18.0. The number of piperidine rings is 1. The number of benzene rings is 1. The van der Waals surface area contributed by atoms with Crippen molar-refractivity contribution in [3.63, 3.8) is 0 Å². The van der Waals surface area contributed by atoms with Crippen LogP contribution in [0.4, 0.5) is 20.6 Å². The molecule has 2 heterocycles. The summed E-state index contributed by atoms with van der Waals surface area (Å²) in [6.45, 7) is 3.36. The van der Waals surface area contributed by atoms with Crippen LogP contribution in [0.5, 0.6) is 0 Å². The molecule has 2 amide bonds. The van der Waals surface area contributed by atoms with E-state index in [0.717, 1.165) is 25.9 Å². The number of nitrogens with two attached hydrogens (primary N) is 1. The fourth-order valence-electron chi connectivity index (χ4n) is 3.16. The van der Waals surface area contributed by atoms with Gasteiger partial charge in [-0.15, -0.1) is 0 Å². The Hall–Kier alpha value is -2.35. The summed E-state index contributed by atoms with van der Waals surface area (Å²) in [5.74, 6) is -0.558. The van der Waals surface area contributed by atoms with E-state index in [4.69, 9.17) is 10.5 Å². The summed E-state index contributed by atoms with van der Waals surface area (Å²) in [6, 6.07) is 4.94. The van der Waals surface area contributed by atoms with Gasteiger partial charge >= 0.3 is 6.09 Å². The second kappa shape index (κ2) is 7.26. The van der Waals surface area contributed by atoms with Crippen molar-refractivity contribution >= 4 is 23.4 Å². The molecule has 0 spiro atoms. The van der Waals surface area contributed by atoms with Gasteiger partial charge in [-0.2, -0.15) is 0 Å². The number of hydrogen-bond acceptors (Lipinski definition) is 5. The molecule has 1 aromatic carbocycles. The third kappa shape index (κ3) is 4.01. The van der Waals surface area contributed by atoms with Crippen LogP contribution in [0.2, 0.25) is 0 Å². The number of cyclic esters (lactones) is 1. The number of carbonyl (C=O) groups is 2. The highest BCUT2D eigenvalue weighted by Crippen LogP contribution is 2.29. The van der Waals surface area contributed by atoms with Crippen LogP contribution in [0, 0.1) is 5.82 Å². The molecule has 2 fully saturated rings. The number of nitrogens with one attached hydrogen (secondary N) is 1. The topological polar surface area (TPSA) is 87.9 Å². The first kappa shape index (κ1) is 17.5. The molecule has 1 atom stereocenters. The molecule has 1 unspecified atom stereocenters. The average Bonchev–Trinajstić information content (AvgIpc) is 2.95. The Morgan fingerprint density at radius 2 is 2.12 bits per heavy atom. The first-order chi connectivity index (χ1) is 11.9. The van der Waals surface area contributed by atoms with E-state index in [-0.39, 0.29) is 30.9 Å². The molecule has 2 saturated heterocycles. The van der Waals surface area contributed by atoms with E-state index in [9.17, 15) is 14.0 Å². The van der Waals surface area contributed by atoms with Crippen LogP contribution in [0.15, 0.2) is 18.2 Å². The summed E-state index contributed by atoms with van der Waals surface area (Å²) in [5.41, 5.74) is 6.86. The van der Waals surface area contributed by atoms with Crippen LogP contribution in [0.1, 0.15) is 19.8 Å². The second-order valence-corrected chi connectivity index (χ2v) is 6.51. The van der Waals surface area contributed by atoms with E-state index in [1.54, 1.807) is 12.1 Å². The summed E-state index contributed by atoms with van der Waals surface area (Å²) in [6.07, 6.45) is 0.698. The minimum atomic E-state index is -0.536. The monoisotopic (exact) mass is 350 g/mol. The molecule has 1 aromatic rings. The van der Waals surface area contributed by atoms with Crippen molar-refractivity contribution in [1.82, 2.24) is 5.32 Å². The molecular formula is C17H23FN4O3. The van der Waals surface area contributed by atoms with Crippen LogP contribution in [0.3, 0.4) is 0 Å². The van der Waals surface area contributed by atoms with E-state index in [0.29, 0.717) is 11.4 Å². The highest BCUT2D eigenvalue weighted by atomic mass is 19.1. The van der Waals surface area contributed by atoms with Crippen molar-refractivity contribution in [2.75, 3.05) is 36.0 Å². The summed E-state index contributed by atoms with van der Waals surface area (Å²) >= 11 is 0. The molecule has 3 rings (SSSR count). The van der Waals surface area contributed by atoms with Crippen molar-refractivity contribution in [3.05, 3.63) is 24.0 Å². The lowest BCUT2D eigenvalue weighted by Gasteiger charge is -2.32. The first-order valence-electron chi connectivity index (χ1n) is 8.46. The molecule has 136 valence electrons. The largest absolute Gasteiger partial charge is 0.442 e. The fourth-order valence-corrected chi connectivity index (χ4v) is 3.16. The maximum absolute atomic E-state index is 14.6.